The van der Waals surface area contributed by atoms with Crippen molar-refractivity contribution >= 4 is 10.0 Å². The van der Waals surface area contributed by atoms with E-state index in [0.29, 0.717) is 24.7 Å². The largest absolute Gasteiger partial charge is 0.439 e. The number of hydrogen-bond acceptors (Lipinski definition) is 4. The summed E-state index contributed by atoms with van der Waals surface area (Å²) in [7, 11) is -3.44. The molecule has 1 aliphatic rings. The molecule has 0 atom stereocenters. The Bertz CT molecular complexity index is 816. The molecule has 25 heavy (non-hydrogen) atoms. The predicted molar refractivity (Wildman–Crippen MR) is 97.4 cm³/mol. The maximum Gasteiger partial charge on any atom is 0.244 e. The van der Waals surface area contributed by atoms with E-state index in [1.54, 1.807) is 12.1 Å². The van der Waals surface area contributed by atoms with Gasteiger partial charge in [-0.3, -0.25) is 0 Å². The van der Waals surface area contributed by atoms with Crippen molar-refractivity contribution in [2.24, 2.45) is 0 Å². The first-order valence-corrected chi connectivity index (χ1v) is 9.95. The fourth-order valence-corrected chi connectivity index (χ4v) is 4.26. The van der Waals surface area contributed by atoms with Gasteiger partial charge in [0.05, 0.1) is 6.20 Å². The molecule has 1 saturated heterocycles. The van der Waals surface area contributed by atoms with Gasteiger partial charge in [0.1, 0.15) is 10.6 Å². The Kier molecular flexibility index (Phi) is 4.84. The van der Waals surface area contributed by atoms with Crippen LogP contribution in [0.15, 0.2) is 47.5 Å². The van der Waals surface area contributed by atoms with Gasteiger partial charge in [-0.1, -0.05) is 32.9 Å². The molecule has 0 N–H and O–H groups in total. The highest BCUT2D eigenvalue weighted by Gasteiger charge is 2.27. The lowest BCUT2D eigenvalue weighted by Gasteiger charge is -2.19. The Balaban J connectivity index is 1.72. The molecule has 0 saturated carbocycles. The van der Waals surface area contributed by atoms with E-state index in [1.165, 1.54) is 16.1 Å². The zero-order chi connectivity index (χ0) is 18.1. The summed E-state index contributed by atoms with van der Waals surface area (Å²) in [4.78, 5) is 4.37. The maximum absolute atomic E-state index is 12.5. The van der Waals surface area contributed by atoms with E-state index in [2.05, 4.69) is 25.8 Å². The molecule has 1 aromatic carbocycles. The second-order valence-electron chi connectivity index (χ2n) is 7.32. The van der Waals surface area contributed by atoms with E-state index in [4.69, 9.17) is 4.74 Å². The van der Waals surface area contributed by atoms with Crippen LogP contribution in [0.1, 0.15) is 39.2 Å². The van der Waals surface area contributed by atoms with E-state index in [1.807, 2.05) is 24.3 Å². The van der Waals surface area contributed by atoms with Crippen molar-refractivity contribution in [1.82, 2.24) is 9.29 Å². The third kappa shape index (κ3) is 4.02. The van der Waals surface area contributed by atoms with Gasteiger partial charge >= 0.3 is 0 Å². The standard InChI is InChI=1S/C19H24N2O3S/c1-19(2,3)15-6-8-16(9-7-15)24-18-11-10-17(14-20-18)25(22,23)21-12-4-5-13-21/h6-11,14H,4-5,12-13H2,1-3H3. The first kappa shape index (κ1) is 17.9. The molecule has 0 amide bonds. The lowest BCUT2D eigenvalue weighted by Crippen LogP contribution is -2.27. The van der Waals surface area contributed by atoms with Gasteiger partial charge in [0.2, 0.25) is 15.9 Å². The minimum atomic E-state index is -3.44. The predicted octanol–water partition coefficient (Wildman–Crippen LogP) is 3.96. The third-order valence-corrected chi connectivity index (χ3v) is 6.24. The minimum Gasteiger partial charge on any atom is -0.439 e. The van der Waals surface area contributed by atoms with E-state index >= 15 is 0 Å². The van der Waals surface area contributed by atoms with Gasteiger partial charge in [0.15, 0.2) is 0 Å². The summed E-state index contributed by atoms with van der Waals surface area (Å²) in [5.74, 6) is 1.06. The number of hydrogen-bond donors (Lipinski definition) is 0. The van der Waals surface area contributed by atoms with Crippen LogP contribution in [0.2, 0.25) is 0 Å². The first-order valence-electron chi connectivity index (χ1n) is 8.51. The van der Waals surface area contributed by atoms with Crippen molar-refractivity contribution in [2.75, 3.05) is 13.1 Å². The smallest absolute Gasteiger partial charge is 0.244 e. The highest BCUT2D eigenvalue weighted by atomic mass is 32.2. The van der Waals surface area contributed by atoms with E-state index in [0.717, 1.165) is 12.8 Å². The van der Waals surface area contributed by atoms with E-state index in [9.17, 15) is 8.42 Å². The second-order valence-corrected chi connectivity index (χ2v) is 9.26. The molecule has 1 aromatic heterocycles. The van der Waals surface area contributed by atoms with Crippen molar-refractivity contribution in [3.8, 4) is 11.6 Å². The molecule has 0 spiro atoms. The highest BCUT2D eigenvalue weighted by Crippen LogP contribution is 2.27. The number of rotatable bonds is 4. The molecular weight excluding hydrogens is 336 g/mol. The Morgan fingerprint density at radius 2 is 1.64 bits per heavy atom. The summed E-state index contributed by atoms with van der Waals surface area (Å²) >= 11 is 0. The molecule has 2 aromatic rings. The van der Waals surface area contributed by atoms with Crippen LogP contribution in [0.25, 0.3) is 0 Å². The zero-order valence-electron chi connectivity index (χ0n) is 14.9. The monoisotopic (exact) mass is 360 g/mol. The molecule has 1 fully saturated rings. The normalized spacial score (nSPS) is 16.1. The van der Waals surface area contributed by atoms with Gasteiger partial charge < -0.3 is 4.74 Å². The Morgan fingerprint density at radius 1 is 1.00 bits per heavy atom. The topological polar surface area (TPSA) is 59.5 Å². The van der Waals surface area contributed by atoms with Gasteiger partial charge in [-0.05, 0) is 42.0 Å². The Labute approximate surface area is 149 Å². The maximum atomic E-state index is 12.5. The van der Waals surface area contributed by atoms with Crippen molar-refractivity contribution < 1.29 is 13.2 Å². The Hall–Kier alpha value is -1.92. The second kappa shape index (κ2) is 6.77. The van der Waals surface area contributed by atoms with Gasteiger partial charge in [-0.2, -0.15) is 4.31 Å². The van der Waals surface area contributed by atoms with Crippen molar-refractivity contribution in [3.05, 3.63) is 48.2 Å². The van der Waals surface area contributed by atoms with Gasteiger partial charge in [-0.25, -0.2) is 13.4 Å². The molecule has 0 unspecified atom stereocenters. The molecule has 1 aliphatic heterocycles. The summed E-state index contributed by atoms with van der Waals surface area (Å²) in [6.45, 7) is 7.64. The number of sulfonamides is 1. The SMILES string of the molecule is CC(C)(C)c1ccc(Oc2ccc(S(=O)(=O)N3CCCC3)cn2)cc1. The molecule has 0 radical (unpaired) electrons. The lowest BCUT2D eigenvalue weighted by atomic mass is 9.87. The number of pyridine rings is 1. The van der Waals surface area contributed by atoms with Crippen LogP contribution < -0.4 is 4.74 Å². The molecular formula is C19H24N2O3S. The van der Waals surface area contributed by atoms with Crippen molar-refractivity contribution in [1.29, 1.82) is 0 Å². The summed E-state index contributed by atoms with van der Waals surface area (Å²) in [6.07, 6.45) is 3.20. The molecule has 6 heteroatoms. The fraction of sp³-hybridized carbons (Fsp3) is 0.421. The number of ether oxygens (including phenoxy) is 1. The molecule has 0 bridgehead atoms. The summed E-state index contributed by atoms with van der Waals surface area (Å²) < 4.78 is 32.2. The van der Waals surface area contributed by atoms with Crippen molar-refractivity contribution in [2.45, 2.75) is 43.9 Å². The molecule has 3 rings (SSSR count). The lowest BCUT2D eigenvalue weighted by molar-refractivity contribution is 0.459. The average Bonchev–Trinajstić information content (AvgIpc) is 3.10. The summed E-state index contributed by atoms with van der Waals surface area (Å²) in [5, 5.41) is 0. The minimum absolute atomic E-state index is 0.0857. The zero-order valence-corrected chi connectivity index (χ0v) is 15.7. The van der Waals surface area contributed by atoms with Gasteiger partial charge in [0, 0.05) is 19.2 Å². The van der Waals surface area contributed by atoms with Crippen LogP contribution in [-0.2, 0) is 15.4 Å². The quantitative estimate of drug-likeness (QED) is 0.828. The summed E-state index contributed by atoms with van der Waals surface area (Å²) in [5.41, 5.74) is 1.31. The highest BCUT2D eigenvalue weighted by molar-refractivity contribution is 7.89. The summed E-state index contributed by atoms with van der Waals surface area (Å²) in [6, 6.07) is 11.0. The van der Waals surface area contributed by atoms with Crippen LogP contribution in [-0.4, -0.2) is 30.8 Å². The number of benzene rings is 1. The number of nitrogens with zero attached hydrogens (tertiary/aromatic N) is 2. The third-order valence-electron chi connectivity index (χ3n) is 4.35. The van der Waals surface area contributed by atoms with Crippen LogP contribution in [0.4, 0.5) is 0 Å². The molecule has 5 nitrogen and oxygen atoms in total. The van der Waals surface area contributed by atoms with E-state index < -0.39 is 10.0 Å². The van der Waals surface area contributed by atoms with Crippen LogP contribution >= 0.6 is 0 Å². The fourth-order valence-electron chi connectivity index (χ4n) is 2.80. The molecule has 2 heterocycles. The average molecular weight is 360 g/mol. The number of aromatic nitrogens is 1. The van der Waals surface area contributed by atoms with Crippen LogP contribution in [0.3, 0.4) is 0 Å². The Morgan fingerprint density at radius 3 is 2.16 bits per heavy atom. The van der Waals surface area contributed by atoms with Gasteiger partial charge in [-0.15, -0.1) is 0 Å². The van der Waals surface area contributed by atoms with Crippen LogP contribution in [0.5, 0.6) is 11.6 Å². The first-order chi connectivity index (χ1) is 11.8. The van der Waals surface area contributed by atoms with Crippen LogP contribution in [0, 0.1) is 0 Å². The molecule has 134 valence electrons. The van der Waals surface area contributed by atoms with Crippen molar-refractivity contribution in [3.63, 3.8) is 0 Å². The molecule has 0 aliphatic carbocycles. The van der Waals surface area contributed by atoms with Gasteiger partial charge in [0.25, 0.3) is 0 Å². The van der Waals surface area contributed by atoms with E-state index in [-0.39, 0.29) is 10.3 Å².